The molecule has 9 heteroatoms. The Balaban J connectivity index is 1.34. The van der Waals surface area contributed by atoms with Gasteiger partial charge in [-0.3, -0.25) is 0 Å². The van der Waals surface area contributed by atoms with Crippen molar-refractivity contribution in [2.75, 3.05) is 24.3 Å². The van der Waals surface area contributed by atoms with E-state index in [0.717, 1.165) is 28.2 Å². The number of anilines is 2. The lowest BCUT2D eigenvalue weighted by atomic mass is 10.2. The Labute approximate surface area is 182 Å². The first-order chi connectivity index (χ1) is 15.2. The molecule has 0 amide bonds. The number of benzene rings is 3. The fraction of sp³-hybridized carbons (Fsp3) is 0.174. The molecule has 0 unspecified atom stereocenters. The summed E-state index contributed by atoms with van der Waals surface area (Å²) in [5, 5.41) is 3.37. The third-order valence-electron chi connectivity index (χ3n) is 4.61. The van der Waals surface area contributed by atoms with E-state index in [1.54, 1.807) is 12.1 Å². The molecule has 0 aliphatic heterocycles. The summed E-state index contributed by atoms with van der Waals surface area (Å²) in [4.78, 5) is 9.72. The molecule has 6 nitrogen and oxygen atoms in total. The second-order valence-corrected chi connectivity index (χ2v) is 7.31. The maximum Gasteiger partial charge on any atom is 0.573 e. The van der Waals surface area contributed by atoms with Crippen molar-refractivity contribution in [2.24, 2.45) is 0 Å². The second-order valence-electron chi connectivity index (χ2n) is 7.31. The van der Waals surface area contributed by atoms with Gasteiger partial charge in [0.2, 0.25) is 5.95 Å². The number of halogens is 3. The smallest absolute Gasteiger partial charge is 0.457 e. The molecular weight excluding hydrogens is 421 g/mol. The van der Waals surface area contributed by atoms with Crippen molar-refractivity contribution in [3.63, 3.8) is 0 Å². The van der Waals surface area contributed by atoms with Gasteiger partial charge in [-0.1, -0.05) is 12.1 Å². The zero-order valence-electron chi connectivity index (χ0n) is 17.4. The summed E-state index contributed by atoms with van der Waals surface area (Å²) in [7, 11) is 3.86. The third kappa shape index (κ3) is 5.42. The number of imidazole rings is 1. The summed E-state index contributed by atoms with van der Waals surface area (Å²) in [6.45, 7) is 0.611. The highest BCUT2D eigenvalue weighted by Crippen LogP contribution is 2.27. The molecular formula is C23H21F3N4O2. The average molecular weight is 442 g/mol. The van der Waals surface area contributed by atoms with Gasteiger partial charge in [0.05, 0.1) is 11.0 Å². The second kappa shape index (κ2) is 8.70. The van der Waals surface area contributed by atoms with Crippen molar-refractivity contribution in [1.29, 1.82) is 0 Å². The molecule has 166 valence electrons. The fourth-order valence-corrected chi connectivity index (χ4v) is 3.04. The van der Waals surface area contributed by atoms with Gasteiger partial charge in [-0.15, -0.1) is 13.2 Å². The molecule has 32 heavy (non-hydrogen) atoms. The topological polar surface area (TPSA) is 62.4 Å². The van der Waals surface area contributed by atoms with E-state index < -0.39 is 6.36 Å². The predicted octanol–water partition coefficient (Wildman–Crippen LogP) is 5.93. The Hall–Kier alpha value is -3.88. The molecule has 0 aliphatic carbocycles. The van der Waals surface area contributed by atoms with Gasteiger partial charge < -0.3 is 24.7 Å². The highest BCUT2D eigenvalue weighted by Gasteiger charge is 2.30. The number of nitrogens with zero attached hydrogens (tertiary/aromatic N) is 2. The Morgan fingerprint density at radius 3 is 2.16 bits per heavy atom. The number of nitrogens with one attached hydrogen (secondary N) is 2. The Morgan fingerprint density at radius 1 is 0.906 bits per heavy atom. The highest BCUT2D eigenvalue weighted by atomic mass is 19.4. The minimum Gasteiger partial charge on any atom is -0.457 e. The molecule has 4 aromatic rings. The van der Waals surface area contributed by atoms with E-state index in [2.05, 4.69) is 20.0 Å². The van der Waals surface area contributed by atoms with Crippen molar-refractivity contribution in [2.45, 2.75) is 12.9 Å². The normalized spacial score (nSPS) is 11.4. The monoisotopic (exact) mass is 442 g/mol. The maximum absolute atomic E-state index is 12.2. The Bertz CT molecular complexity index is 1190. The van der Waals surface area contributed by atoms with E-state index in [1.807, 2.05) is 49.3 Å². The number of aromatic nitrogens is 2. The first-order valence-electron chi connectivity index (χ1n) is 9.79. The number of fused-ring (bicyclic) bond motifs is 1. The molecule has 0 spiro atoms. The molecule has 0 bridgehead atoms. The van der Waals surface area contributed by atoms with Crippen LogP contribution in [0.15, 0.2) is 66.7 Å². The molecule has 4 rings (SSSR count). The zero-order chi connectivity index (χ0) is 22.7. The van der Waals surface area contributed by atoms with Crippen LogP contribution in [0, 0.1) is 0 Å². The molecule has 2 N–H and O–H groups in total. The van der Waals surface area contributed by atoms with Gasteiger partial charge in [-0.05, 0) is 60.2 Å². The summed E-state index contributed by atoms with van der Waals surface area (Å²) in [6, 6.07) is 18.7. The van der Waals surface area contributed by atoms with Crippen molar-refractivity contribution in [3.8, 4) is 17.2 Å². The van der Waals surface area contributed by atoms with Gasteiger partial charge >= 0.3 is 6.36 Å². The minimum absolute atomic E-state index is 0.294. The highest BCUT2D eigenvalue weighted by molar-refractivity contribution is 5.81. The summed E-state index contributed by atoms with van der Waals surface area (Å²) in [6.07, 6.45) is -4.72. The van der Waals surface area contributed by atoms with Crippen LogP contribution in [0.25, 0.3) is 11.0 Å². The van der Waals surface area contributed by atoms with Gasteiger partial charge in [0, 0.05) is 26.3 Å². The Kier molecular flexibility index (Phi) is 5.81. The number of hydrogen-bond acceptors (Lipinski definition) is 5. The van der Waals surface area contributed by atoms with Crippen LogP contribution in [0.4, 0.5) is 24.8 Å². The number of aromatic amines is 1. The van der Waals surface area contributed by atoms with Crippen LogP contribution < -0.4 is 19.7 Å². The van der Waals surface area contributed by atoms with Crippen LogP contribution >= 0.6 is 0 Å². The number of H-pyrrole nitrogens is 1. The SMILES string of the molecule is CN(C)c1nc2cc(NCc3ccc(Oc4ccc(OC(F)(F)F)cc4)cc3)ccc2[nH]1. The first kappa shape index (κ1) is 21.4. The maximum atomic E-state index is 12.2. The lowest BCUT2D eigenvalue weighted by Crippen LogP contribution is -2.16. The molecule has 0 aliphatic rings. The van der Waals surface area contributed by atoms with Gasteiger partial charge in [-0.2, -0.15) is 0 Å². The molecule has 0 fully saturated rings. The van der Waals surface area contributed by atoms with E-state index in [0.29, 0.717) is 18.0 Å². The minimum atomic E-state index is -4.72. The van der Waals surface area contributed by atoms with E-state index in [4.69, 9.17) is 4.74 Å². The van der Waals surface area contributed by atoms with Crippen LogP contribution in [0.5, 0.6) is 17.2 Å². The van der Waals surface area contributed by atoms with Gasteiger partial charge in [0.15, 0.2) is 0 Å². The predicted molar refractivity (Wildman–Crippen MR) is 117 cm³/mol. The van der Waals surface area contributed by atoms with E-state index in [1.165, 1.54) is 24.3 Å². The van der Waals surface area contributed by atoms with Gasteiger partial charge in [0.1, 0.15) is 17.2 Å². The van der Waals surface area contributed by atoms with Crippen molar-refractivity contribution in [3.05, 3.63) is 72.3 Å². The third-order valence-corrected chi connectivity index (χ3v) is 4.61. The van der Waals surface area contributed by atoms with Crippen LogP contribution in [0.3, 0.4) is 0 Å². The number of hydrogen-bond donors (Lipinski definition) is 2. The van der Waals surface area contributed by atoms with Gasteiger partial charge in [-0.25, -0.2) is 4.98 Å². The fourth-order valence-electron chi connectivity index (χ4n) is 3.04. The molecule has 0 saturated carbocycles. The van der Waals surface area contributed by atoms with E-state index in [9.17, 15) is 13.2 Å². The molecule has 3 aromatic carbocycles. The average Bonchev–Trinajstić information content (AvgIpc) is 3.17. The molecule has 0 saturated heterocycles. The first-order valence-corrected chi connectivity index (χ1v) is 9.79. The lowest BCUT2D eigenvalue weighted by molar-refractivity contribution is -0.274. The van der Waals surface area contributed by atoms with Crippen LogP contribution in [0.2, 0.25) is 0 Å². The summed E-state index contributed by atoms with van der Waals surface area (Å²) in [5.74, 6) is 1.50. The number of alkyl halides is 3. The van der Waals surface area contributed by atoms with Crippen LogP contribution in [0.1, 0.15) is 5.56 Å². The summed E-state index contributed by atoms with van der Waals surface area (Å²) < 4.78 is 46.2. The Morgan fingerprint density at radius 2 is 1.53 bits per heavy atom. The van der Waals surface area contributed by atoms with Crippen molar-refractivity contribution >= 4 is 22.7 Å². The van der Waals surface area contributed by atoms with Crippen LogP contribution in [-0.4, -0.2) is 30.4 Å². The summed E-state index contributed by atoms with van der Waals surface area (Å²) >= 11 is 0. The number of rotatable bonds is 7. The van der Waals surface area contributed by atoms with Crippen molar-refractivity contribution in [1.82, 2.24) is 9.97 Å². The standard InChI is InChI=1S/C23H21F3N4O2/c1-30(2)22-28-20-12-5-16(13-21(20)29-22)27-14-15-3-6-17(7-4-15)31-18-8-10-19(11-9-18)32-23(24,25)26/h3-13,27H,14H2,1-2H3,(H,28,29). The quantitative estimate of drug-likeness (QED) is 0.371. The van der Waals surface area contributed by atoms with E-state index in [-0.39, 0.29) is 5.75 Å². The molecule has 0 radical (unpaired) electrons. The van der Waals surface area contributed by atoms with Gasteiger partial charge in [0.25, 0.3) is 0 Å². The van der Waals surface area contributed by atoms with Crippen LogP contribution in [-0.2, 0) is 6.54 Å². The largest absolute Gasteiger partial charge is 0.573 e. The molecule has 1 heterocycles. The zero-order valence-corrected chi connectivity index (χ0v) is 17.4. The lowest BCUT2D eigenvalue weighted by Gasteiger charge is -2.11. The molecule has 1 aromatic heterocycles. The summed E-state index contributed by atoms with van der Waals surface area (Å²) in [5.41, 5.74) is 3.85. The number of ether oxygens (including phenoxy) is 2. The molecule has 0 atom stereocenters. The van der Waals surface area contributed by atoms with Crippen molar-refractivity contribution < 1.29 is 22.6 Å². The van der Waals surface area contributed by atoms with E-state index >= 15 is 0 Å².